The van der Waals surface area contributed by atoms with E-state index in [0.29, 0.717) is 11.1 Å². The molecule has 1 aromatic carbocycles. The number of hydrogen-bond acceptors (Lipinski definition) is 2. The Morgan fingerprint density at radius 2 is 2.07 bits per heavy atom. The summed E-state index contributed by atoms with van der Waals surface area (Å²) in [7, 11) is 0. The van der Waals surface area contributed by atoms with Gasteiger partial charge in [0.2, 0.25) is 0 Å². The van der Waals surface area contributed by atoms with Crippen molar-refractivity contribution >= 4 is 11.9 Å². The van der Waals surface area contributed by atoms with E-state index in [1.54, 1.807) is 19.1 Å². The Bertz CT molecular complexity index is 480. The second-order valence-electron chi connectivity index (χ2n) is 2.90. The molecule has 1 rings (SSSR count). The van der Waals surface area contributed by atoms with Gasteiger partial charge in [0.05, 0.1) is 5.56 Å². The summed E-state index contributed by atoms with van der Waals surface area (Å²) < 4.78 is 0. The number of carboxylic acid groups (broad SMARTS) is 1. The smallest absolute Gasteiger partial charge is 0.335 e. The van der Waals surface area contributed by atoms with Gasteiger partial charge >= 0.3 is 5.97 Å². The first-order valence-electron chi connectivity index (χ1n) is 4.16. The molecule has 1 aromatic rings. The van der Waals surface area contributed by atoms with E-state index in [9.17, 15) is 9.59 Å². The number of carbonyl (C=O) groups is 2. The molecule has 0 aromatic heterocycles. The van der Waals surface area contributed by atoms with Crippen LogP contribution in [-0.2, 0) is 4.79 Å². The second-order valence-corrected chi connectivity index (χ2v) is 2.90. The first-order valence-corrected chi connectivity index (χ1v) is 4.16. The highest BCUT2D eigenvalue weighted by Crippen LogP contribution is 2.12. The normalized spacial score (nSPS) is 8.87. The van der Waals surface area contributed by atoms with E-state index in [1.165, 1.54) is 6.07 Å². The second kappa shape index (κ2) is 4.29. The minimum atomic E-state index is -1.02. The molecule has 0 saturated heterocycles. The molecule has 0 saturated carbocycles. The van der Waals surface area contributed by atoms with Crippen LogP contribution in [0.2, 0.25) is 0 Å². The van der Waals surface area contributed by atoms with Gasteiger partial charge in [0.25, 0.3) is 5.91 Å². The van der Waals surface area contributed by atoms with Crippen molar-refractivity contribution in [3.63, 3.8) is 0 Å². The molecule has 0 aliphatic rings. The van der Waals surface area contributed by atoms with Crippen molar-refractivity contribution in [2.45, 2.75) is 6.92 Å². The van der Waals surface area contributed by atoms with Gasteiger partial charge in [0.15, 0.2) is 0 Å². The fourth-order valence-corrected chi connectivity index (χ4v) is 1.13. The van der Waals surface area contributed by atoms with Crippen molar-refractivity contribution in [2.75, 3.05) is 0 Å². The maximum Gasteiger partial charge on any atom is 0.335 e. The first kappa shape index (κ1) is 10.8. The molecule has 0 spiro atoms. The standard InChI is InChI=1S/C11H9NO3/c1-7-8(5-6-10(12)13)3-2-4-9(7)11(14)15/h2-4H,1H3,(H2,12,13)(H,14,15). The van der Waals surface area contributed by atoms with E-state index < -0.39 is 11.9 Å². The number of nitrogens with two attached hydrogens (primary N) is 1. The molecule has 0 bridgehead atoms. The van der Waals surface area contributed by atoms with Crippen LogP contribution in [0.3, 0.4) is 0 Å². The van der Waals surface area contributed by atoms with Gasteiger partial charge in [-0.2, -0.15) is 0 Å². The lowest BCUT2D eigenvalue weighted by Gasteiger charge is -2.01. The summed E-state index contributed by atoms with van der Waals surface area (Å²) in [4.78, 5) is 21.2. The van der Waals surface area contributed by atoms with Crippen molar-refractivity contribution in [2.24, 2.45) is 5.73 Å². The average molecular weight is 203 g/mol. The zero-order valence-corrected chi connectivity index (χ0v) is 8.07. The predicted octanol–water partition coefficient (Wildman–Crippen LogP) is 0.530. The summed E-state index contributed by atoms with van der Waals surface area (Å²) in [5.41, 5.74) is 6.05. The van der Waals surface area contributed by atoms with E-state index in [2.05, 4.69) is 11.8 Å². The fourth-order valence-electron chi connectivity index (χ4n) is 1.13. The van der Waals surface area contributed by atoms with Gasteiger partial charge in [-0.05, 0) is 30.5 Å². The predicted molar refractivity (Wildman–Crippen MR) is 54.2 cm³/mol. The number of rotatable bonds is 1. The zero-order valence-electron chi connectivity index (χ0n) is 8.07. The Morgan fingerprint density at radius 3 is 2.60 bits per heavy atom. The van der Waals surface area contributed by atoms with Crippen molar-refractivity contribution < 1.29 is 14.7 Å². The molecule has 76 valence electrons. The maximum atomic E-state index is 10.8. The quantitative estimate of drug-likeness (QED) is 0.653. The minimum Gasteiger partial charge on any atom is -0.478 e. The van der Waals surface area contributed by atoms with Crippen LogP contribution in [0.25, 0.3) is 0 Å². The lowest BCUT2D eigenvalue weighted by atomic mass is 10.0. The highest BCUT2D eigenvalue weighted by atomic mass is 16.4. The van der Waals surface area contributed by atoms with Crippen LogP contribution >= 0.6 is 0 Å². The summed E-state index contributed by atoms with van der Waals surface area (Å²) in [5.74, 6) is 2.93. The van der Waals surface area contributed by atoms with Crippen molar-refractivity contribution in [1.29, 1.82) is 0 Å². The lowest BCUT2D eigenvalue weighted by molar-refractivity contribution is -0.112. The van der Waals surface area contributed by atoms with Gasteiger partial charge in [-0.1, -0.05) is 12.0 Å². The highest BCUT2D eigenvalue weighted by molar-refractivity contribution is 5.93. The number of amides is 1. The summed E-state index contributed by atoms with van der Waals surface area (Å²) in [5, 5.41) is 8.83. The number of hydrogen-bond donors (Lipinski definition) is 2. The topological polar surface area (TPSA) is 80.4 Å². The molecule has 0 heterocycles. The number of aromatic carboxylic acids is 1. The third kappa shape index (κ3) is 2.58. The number of carboxylic acids is 1. The van der Waals surface area contributed by atoms with Crippen LogP contribution in [0.4, 0.5) is 0 Å². The number of benzene rings is 1. The Morgan fingerprint density at radius 1 is 1.40 bits per heavy atom. The zero-order chi connectivity index (χ0) is 11.4. The molecule has 1 amide bonds. The molecule has 0 radical (unpaired) electrons. The largest absolute Gasteiger partial charge is 0.478 e. The molecule has 0 atom stereocenters. The van der Waals surface area contributed by atoms with Gasteiger partial charge in [-0.25, -0.2) is 4.79 Å². The maximum absolute atomic E-state index is 10.8. The van der Waals surface area contributed by atoms with Crippen LogP contribution < -0.4 is 5.73 Å². The molecular formula is C11H9NO3. The van der Waals surface area contributed by atoms with Crippen LogP contribution in [0.5, 0.6) is 0 Å². The molecule has 15 heavy (non-hydrogen) atoms. The highest BCUT2D eigenvalue weighted by Gasteiger charge is 2.08. The Labute approximate surface area is 86.7 Å². The molecule has 0 aliphatic carbocycles. The van der Waals surface area contributed by atoms with E-state index in [1.807, 2.05) is 0 Å². The SMILES string of the molecule is Cc1c(C#CC(N)=O)cccc1C(=O)O. The summed E-state index contributed by atoms with van der Waals surface area (Å²) in [6.07, 6.45) is 0. The third-order valence-corrected chi connectivity index (χ3v) is 1.88. The summed E-state index contributed by atoms with van der Waals surface area (Å²) >= 11 is 0. The van der Waals surface area contributed by atoms with Crippen LogP contribution in [0.15, 0.2) is 18.2 Å². The van der Waals surface area contributed by atoms with E-state index in [4.69, 9.17) is 10.8 Å². The number of primary amides is 1. The molecule has 4 heteroatoms. The monoisotopic (exact) mass is 203 g/mol. The minimum absolute atomic E-state index is 0.172. The van der Waals surface area contributed by atoms with Gasteiger partial charge in [-0.15, -0.1) is 0 Å². The van der Waals surface area contributed by atoms with Crippen LogP contribution in [0.1, 0.15) is 21.5 Å². The van der Waals surface area contributed by atoms with Gasteiger partial charge in [-0.3, -0.25) is 4.79 Å². The van der Waals surface area contributed by atoms with Crippen LogP contribution in [0, 0.1) is 18.8 Å². The molecular weight excluding hydrogens is 194 g/mol. The molecule has 0 unspecified atom stereocenters. The van der Waals surface area contributed by atoms with Crippen molar-refractivity contribution in [3.8, 4) is 11.8 Å². The van der Waals surface area contributed by atoms with Gasteiger partial charge < -0.3 is 10.8 Å². The van der Waals surface area contributed by atoms with E-state index >= 15 is 0 Å². The Balaban J connectivity index is 3.23. The van der Waals surface area contributed by atoms with E-state index in [-0.39, 0.29) is 5.56 Å². The van der Waals surface area contributed by atoms with Crippen molar-refractivity contribution in [3.05, 3.63) is 34.9 Å². The summed E-state index contributed by atoms with van der Waals surface area (Å²) in [6.45, 7) is 1.63. The van der Waals surface area contributed by atoms with E-state index in [0.717, 1.165) is 0 Å². The Hall–Kier alpha value is -2.28. The third-order valence-electron chi connectivity index (χ3n) is 1.88. The fraction of sp³-hybridized carbons (Fsp3) is 0.0909. The average Bonchev–Trinajstić information content (AvgIpc) is 2.15. The molecule has 0 aliphatic heterocycles. The van der Waals surface area contributed by atoms with Crippen molar-refractivity contribution in [1.82, 2.24) is 0 Å². The molecule has 4 nitrogen and oxygen atoms in total. The van der Waals surface area contributed by atoms with Gasteiger partial charge in [0, 0.05) is 5.56 Å². The number of carbonyl (C=O) groups excluding carboxylic acids is 1. The molecule has 3 N–H and O–H groups in total. The first-order chi connectivity index (χ1) is 7.02. The lowest BCUT2D eigenvalue weighted by Crippen LogP contribution is -2.06. The molecule has 0 fully saturated rings. The Kier molecular flexibility index (Phi) is 3.09. The van der Waals surface area contributed by atoms with Gasteiger partial charge in [0.1, 0.15) is 0 Å². The summed E-state index contributed by atoms with van der Waals surface area (Å²) in [6, 6.07) is 4.69. The van der Waals surface area contributed by atoms with Crippen LogP contribution in [-0.4, -0.2) is 17.0 Å².